The molecule has 0 unspecified atom stereocenters. The maximum absolute atomic E-state index is 10.6. The summed E-state index contributed by atoms with van der Waals surface area (Å²) in [6.07, 6.45) is 2.81. The maximum atomic E-state index is 10.6. The fraction of sp³-hybridized carbons (Fsp3) is 0.750. The topological polar surface area (TPSA) is 81.1 Å². The number of hydrogen-bond donors (Lipinski definition) is 2. The average Bonchev–Trinajstić information content (AvgIpc) is 2.38. The molecule has 1 saturated heterocycles. The van der Waals surface area contributed by atoms with Crippen molar-refractivity contribution < 1.29 is 19.8 Å². The van der Waals surface area contributed by atoms with Crippen LogP contribution in [0.5, 0.6) is 0 Å². The Morgan fingerprint density at radius 3 is 2.45 bits per heavy atom. The molecule has 0 bridgehead atoms. The Balaban J connectivity index is 2.23. The highest BCUT2D eigenvalue weighted by Crippen LogP contribution is 2.19. The lowest BCUT2D eigenvalue weighted by molar-refractivity contribution is -0.138. The van der Waals surface area contributed by atoms with E-state index in [2.05, 4.69) is 9.80 Å². The Morgan fingerprint density at radius 2 is 1.80 bits per heavy atom. The van der Waals surface area contributed by atoms with Crippen molar-refractivity contribution in [3.8, 4) is 0 Å². The first-order valence-electron chi connectivity index (χ1n) is 6.56. The van der Waals surface area contributed by atoms with Crippen molar-refractivity contribution in [3.63, 3.8) is 0 Å². The van der Waals surface area contributed by atoms with E-state index in [1.54, 1.807) is 11.8 Å². The first-order valence-corrected chi connectivity index (χ1v) is 7.96. The molecule has 114 valence electrons. The minimum Gasteiger partial charge on any atom is -0.481 e. The Labute approximate surface area is 128 Å². The van der Waals surface area contributed by atoms with E-state index in [-0.39, 0.29) is 12.8 Å². The van der Waals surface area contributed by atoms with Crippen molar-refractivity contribution in [1.82, 2.24) is 9.80 Å². The number of aliphatic carboxylic acids is 2. The van der Waals surface area contributed by atoms with Crippen LogP contribution >= 0.6 is 24.0 Å². The molecule has 0 aromatic heterocycles. The van der Waals surface area contributed by atoms with Crippen LogP contribution in [0.1, 0.15) is 32.1 Å². The summed E-state index contributed by atoms with van der Waals surface area (Å²) in [4.78, 5) is 25.1. The first kappa shape index (κ1) is 17.2. The molecule has 2 N–H and O–H groups in total. The van der Waals surface area contributed by atoms with Gasteiger partial charge in [-0.15, -0.1) is 0 Å². The van der Waals surface area contributed by atoms with Crippen LogP contribution in [0.15, 0.2) is 0 Å². The molecule has 20 heavy (non-hydrogen) atoms. The maximum Gasteiger partial charge on any atom is 0.304 e. The summed E-state index contributed by atoms with van der Waals surface area (Å²) in [5, 5.41) is 17.2. The predicted octanol–water partition coefficient (Wildman–Crippen LogP) is 1.66. The molecule has 0 aromatic rings. The SMILES string of the molecule is O=C(O)CCCCCN1CN(CCC(=O)O)CSC1=S. The van der Waals surface area contributed by atoms with Gasteiger partial charge in [0.25, 0.3) is 0 Å². The predicted molar refractivity (Wildman–Crippen MR) is 81.7 cm³/mol. The standard InChI is InChI=1S/C12H20N2O4S2/c15-10(16)4-2-1-3-6-14-8-13(7-5-11(17)18)9-20-12(14)19/h1-9H2,(H,15,16)(H,17,18). The first-order chi connectivity index (χ1) is 9.49. The molecule has 0 amide bonds. The second kappa shape index (κ2) is 9.15. The third-order valence-corrected chi connectivity index (χ3v) is 4.57. The molecule has 1 heterocycles. The lowest BCUT2D eigenvalue weighted by atomic mass is 10.2. The van der Waals surface area contributed by atoms with Gasteiger partial charge in [0.05, 0.1) is 19.0 Å². The largest absolute Gasteiger partial charge is 0.481 e. The summed E-state index contributed by atoms with van der Waals surface area (Å²) >= 11 is 6.84. The summed E-state index contributed by atoms with van der Waals surface area (Å²) in [5.41, 5.74) is 0. The fourth-order valence-electron chi connectivity index (χ4n) is 1.88. The Hall–Kier alpha value is -0.860. The molecule has 8 heteroatoms. The summed E-state index contributed by atoms with van der Waals surface area (Å²) in [5.74, 6) is -0.806. The highest BCUT2D eigenvalue weighted by atomic mass is 32.2. The van der Waals surface area contributed by atoms with E-state index < -0.39 is 11.9 Å². The van der Waals surface area contributed by atoms with Crippen LogP contribution in [0, 0.1) is 0 Å². The Bertz CT molecular complexity index is 365. The van der Waals surface area contributed by atoms with Gasteiger partial charge in [-0.05, 0) is 12.8 Å². The van der Waals surface area contributed by atoms with Crippen LogP contribution in [0.4, 0.5) is 0 Å². The van der Waals surface area contributed by atoms with Gasteiger partial charge in [0.15, 0.2) is 0 Å². The molecule has 1 rings (SSSR count). The van der Waals surface area contributed by atoms with Crippen LogP contribution in [0.2, 0.25) is 0 Å². The number of nitrogens with zero attached hydrogens (tertiary/aromatic N) is 2. The zero-order valence-corrected chi connectivity index (χ0v) is 12.9. The molecular weight excluding hydrogens is 300 g/mol. The van der Waals surface area contributed by atoms with Gasteiger partial charge in [-0.25, -0.2) is 0 Å². The van der Waals surface area contributed by atoms with Crippen molar-refractivity contribution in [2.24, 2.45) is 0 Å². The molecule has 0 spiro atoms. The number of unbranched alkanes of at least 4 members (excludes halogenated alkanes) is 2. The van der Waals surface area contributed by atoms with Gasteiger partial charge < -0.3 is 15.1 Å². The van der Waals surface area contributed by atoms with Crippen LogP contribution in [0.3, 0.4) is 0 Å². The van der Waals surface area contributed by atoms with Gasteiger partial charge in [0.1, 0.15) is 4.32 Å². The minimum absolute atomic E-state index is 0.139. The number of thioether (sulfide) groups is 1. The second-order valence-corrected chi connectivity index (χ2v) is 6.27. The molecule has 0 aliphatic carbocycles. The number of carboxylic acid groups (broad SMARTS) is 2. The van der Waals surface area contributed by atoms with Crippen molar-refractivity contribution in [1.29, 1.82) is 0 Å². The molecule has 1 fully saturated rings. The van der Waals surface area contributed by atoms with E-state index in [0.717, 1.165) is 29.6 Å². The lowest BCUT2D eigenvalue weighted by Crippen LogP contribution is -2.45. The van der Waals surface area contributed by atoms with Gasteiger partial charge in [-0.3, -0.25) is 14.5 Å². The molecule has 6 nitrogen and oxygen atoms in total. The van der Waals surface area contributed by atoms with Gasteiger partial charge in [0, 0.05) is 19.5 Å². The second-order valence-electron chi connectivity index (χ2n) is 4.69. The van der Waals surface area contributed by atoms with Crippen LogP contribution in [0.25, 0.3) is 0 Å². The van der Waals surface area contributed by atoms with E-state index in [9.17, 15) is 9.59 Å². The smallest absolute Gasteiger partial charge is 0.304 e. The van der Waals surface area contributed by atoms with Gasteiger partial charge >= 0.3 is 11.9 Å². The number of carbonyl (C=O) groups is 2. The third kappa shape index (κ3) is 7.06. The van der Waals surface area contributed by atoms with E-state index in [1.165, 1.54) is 0 Å². The zero-order chi connectivity index (χ0) is 15.0. The summed E-state index contributed by atoms with van der Waals surface area (Å²) < 4.78 is 0.842. The number of hydrogen-bond acceptors (Lipinski definition) is 5. The van der Waals surface area contributed by atoms with Gasteiger partial charge in [-0.2, -0.15) is 0 Å². The van der Waals surface area contributed by atoms with Crippen LogP contribution in [-0.2, 0) is 9.59 Å². The van der Waals surface area contributed by atoms with Crippen LogP contribution in [-0.4, -0.2) is 61.9 Å². The zero-order valence-electron chi connectivity index (χ0n) is 11.3. The van der Waals surface area contributed by atoms with E-state index >= 15 is 0 Å². The molecule has 0 saturated carbocycles. The van der Waals surface area contributed by atoms with Crippen molar-refractivity contribution >= 4 is 40.2 Å². The Kier molecular flexibility index (Phi) is 7.86. The molecule has 0 radical (unpaired) electrons. The molecular formula is C12H20N2O4S2. The summed E-state index contributed by atoms with van der Waals surface area (Å²) in [6, 6.07) is 0. The molecule has 1 aliphatic heterocycles. The van der Waals surface area contributed by atoms with E-state index in [0.29, 0.717) is 19.6 Å². The quantitative estimate of drug-likeness (QED) is 0.490. The van der Waals surface area contributed by atoms with E-state index in [1.807, 2.05) is 0 Å². The van der Waals surface area contributed by atoms with E-state index in [4.69, 9.17) is 22.4 Å². The molecule has 0 atom stereocenters. The lowest BCUT2D eigenvalue weighted by Gasteiger charge is -2.36. The third-order valence-electron chi connectivity index (χ3n) is 2.96. The Morgan fingerprint density at radius 1 is 1.10 bits per heavy atom. The number of carboxylic acids is 2. The summed E-state index contributed by atoms with van der Waals surface area (Å²) in [6.45, 7) is 1.99. The molecule has 1 aliphatic rings. The van der Waals surface area contributed by atoms with Crippen LogP contribution < -0.4 is 0 Å². The normalized spacial score (nSPS) is 16.4. The monoisotopic (exact) mass is 320 g/mol. The highest BCUT2D eigenvalue weighted by Gasteiger charge is 2.21. The molecule has 0 aromatic carbocycles. The fourth-order valence-corrected chi connectivity index (χ4v) is 3.03. The van der Waals surface area contributed by atoms with Crippen molar-refractivity contribution in [2.75, 3.05) is 25.6 Å². The van der Waals surface area contributed by atoms with Crippen molar-refractivity contribution in [3.05, 3.63) is 0 Å². The van der Waals surface area contributed by atoms with Crippen molar-refractivity contribution in [2.45, 2.75) is 32.1 Å². The van der Waals surface area contributed by atoms with Gasteiger partial charge in [0.2, 0.25) is 0 Å². The summed E-state index contributed by atoms with van der Waals surface area (Å²) in [7, 11) is 0. The number of thiocarbonyl (C=S) groups is 1. The average molecular weight is 320 g/mol. The van der Waals surface area contributed by atoms with Gasteiger partial charge in [-0.1, -0.05) is 30.4 Å². The number of rotatable bonds is 9. The minimum atomic E-state index is -0.789. The highest BCUT2D eigenvalue weighted by molar-refractivity contribution is 8.22.